The first-order chi connectivity index (χ1) is 22.6. The fraction of sp³-hybridized carbons (Fsp3) is 0.902. The van der Waals surface area contributed by atoms with E-state index in [-0.39, 0.29) is 25.2 Å². The molecule has 0 aromatic heterocycles. The average molecular weight is 651 g/mol. The molecule has 0 amide bonds. The summed E-state index contributed by atoms with van der Waals surface area (Å²) in [6.07, 6.45) is 42.7. The number of carbonyl (C=O) groups excluding carboxylic acids is 2. The van der Waals surface area contributed by atoms with E-state index in [9.17, 15) is 14.7 Å². The Kier molecular flexibility index (Phi) is 37.0. The second kappa shape index (κ2) is 38.1. The smallest absolute Gasteiger partial charge is 0.306 e. The van der Waals surface area contributed by atoms with Crippen molar-refractivity contribution in [3.05, 3.63) is 12.2 Å². The Bertz CT molecular complexity index is 661. The third kappa shape index (κ3) is 35.5. The van der Waals surface area contributed by atoms with Gasteiger partial charge in [0.25, 0.3) is 0 Å². The molecule has 0 saturated carbocycles. The van der Waals surface area contributed by atoms with Gasteiger partial charge in [0.05, 0.1) is 6.61 Å². The monoisotopic (exact) mass is 651 g/mol. The predicted octanol–water partition coefficient (Wildman–Crippen LogP) is 12.5. The lowest BCUT2D eigenvalue weighted by Crippen LogP contribution is -2.28. The SMILES string of the molecule is CCCCCCCC/C=C\CCCCCCCCCCCC(=O)O[C@@H](CO)COC(=O)CCCCCCCCCCCCCCC. The van der Waals surface area contributed by atoms with Gasteiger partial charge in [-0.25, -0.2) is 0 Å². The van der Waals surface area contributed by atoms with Crippen molar-refractivity contribution in [2.45, 2.75) is 225 Å². The minimum atomic E-state index is -0.765. The van der Waals surface area contributed by atoms with Gasteiger partial charge in [0.15, 0.2) is 6.10 Å². The average Bonchev–Trinajstić information content (AvgIpc) is 3.06. The molecule has 0 fully saturated rings. The summed E-state index contributed by atoms with van der Waals surface area (Å²) < 4.78 is 10.6. The molecule has 0 aliphatic carbocycles. The lowest BCUT2D eigenvalue weighted by Gasteiger charge is -2.15. The number of allylic oxidation sites excluding steroid dienone is 2. The normalized spacial score (nSPS) is 12.2. The van der Waals surface area contributed by atoms with Gasteiger partial charge in [-0.1, -0.05) is 180 Å². The number of aliphatic hydroxyl groups is 1. The fourth-order valence-electron chi connectivity index (χ4n) is 5.96. The molecule has 1 N–H and O–H groups in total. The molecule has 0 aliphatic rings. The first kappa shape index (κ1) is 44.6. The number of unbranched alkanes of at least 4 members (excludes halogenated alkanes) is 27. The van der Waals surface area contributed by atoms with E-state index in [4.69, 9.17) is 9.47 Å². The molecule has 0 unspecified atom stereocenters. The van der Waals surface area contributed by atoms with Gasteiger partial charge in [-0.3, -0.25) is 9.59 Å². The molecule has 0 radical (unpaired) electrons. The highest BCUT2D eigenvalue weighted by Crippen LogP contribution is 2.15. The van der Waals surface area contributed by atoms with Crippen molar-refractivity contribution in [1.82, 2.24) is 0 Å². The van der Waals surface area contributed by atoms with Crippen LogP contribution in [0.2, 0.25) is 0 Å². The van der Waals surface area contributed by atoms with Crippen molar-refractivity contribution in [2.24, 2.45) is 0 Å². The van der Waals surface area contributed by atoms with Crippen molar-refractivity contribution >= 4 is 11.9 Å². The largest absolute Gasteiger partial charge is 0.462 e. The summed E-state index contributed by atoms with van der Waals surface area (Å²) in [6.45, 7) is 4.15. The summed E-state index contributed by atoms with van der Waals surface area (Å²) in [6, 6.07) is 0. The first-order valence-electron chi connectivity index (χ1n) is 20.2. The van der Waals surface area contributed by atoms with Crippen LogP contribution in [0.25, 0.3) is 0 Å². The number of carbonyl (C=O) groups is 2. The van der Waals surface area contributed by atoms with E-state index < -0.39 is 6.10 Å². The Morgan fingerprint density at radius 2 is 0.804 bits per heavy atom. The molecule has 0 aromatic carbocycles. The Labute approximate surface area is 286 Å². The summed E-state index contributed by atoms with van der Waals surface area (Å²) in [5.74, 6) is -0.583. The number of hydrogen-bond donors (Lipinski definition) is 1. The molecule has 1 atom stereocenters. The molecule has 0 aromatic rings. The van der Waals surface area contributed by atoms with Crippen LogP contribution in [0.3, 0.4) is 0 Å². The number of hydrogen-bond acceptors (Lipinski definition) is 5. The van der Waals surface area contributed by atoms with E-state index in [1.165, 1.54) is 154 Å². The second-order valence-corrected chi connectivity index (χ2v) is 13.7. The molecule has 0 bridgehead atoms. The molecule has 5 nitrogen and oxygen atoms in total. The van der Waals surface area contributed by atoms with Gasteiger partial charge < -0.3 is 14.6 Å². The standard InChI is InChI=1S/C41H78O5/c1-3-5-7-9-11-13-15-17-18-19-20-21-22-24-26-28-30-32-34-36-41(44)46-39(37-42)38-45-40(43)35-33-31-29-27-25-23-16-14-12-10-8-6-4-2/h17-18,39,42H,3-16,19-38H2,1-2H3/b18-17-/t39-/m0/s1. The summed E-state index contributed by atoms with van der Waals surface area (Å²) >= 11 is 0. The van der Waals surface area contributed by atoms with E-state index >= 15 is 0 Å². The van der Waals surface area contributed by atoms with Crippen LogP contribution in [-0.4, -0.2) is 36.4 Å². The van der Waals surface area contributed by atoms with Gasteiger partial charge >= 0.3 is 11.9 Å². The molecule has 0 heterocycles. The van der Waals surface area contributed by atoms with Gasteiger partial charge in [0, 0.05) is 12.8 Å². The summed E-state index contributed by atoms with van der Waals surface area (Å²) in [5.41, 5.74) is 0. The predicted molar refractivity (Wildman–Crippen MR) is 196 cm³/mol. The zero-order valence-corrected chi connectivity index (χ0v) is 30.9. The lowest BCUT2D eigenvalue weighted by atomic mass is 10.0. The van der Waals surface area contributed by atoms with Crippen LogP contribution in [0, 0.1) is 0 Å². The Morgan fingerprint density at radius 3 is 1.17 bits per heavy atom. The van der Waals surface area contributed by atoms with Crippen LogP contribution in [0.1, 0.15) is 219 Å². The van der Waals surface area contributed by atoms with E-state index in [1.807, 2.05) is 0 Å². The molecule has 272 valence electrons. The Morgan fingerprint density at radius 1 is 0.478 bits per heavy atom. The van der Waals surface area contributed by atoms with Crippen molar-refractivity contribution in [2.75, 3.05) is 13.2 Å². The summed E-state index contributed by atoms with van der Waals surface area (Å²) in [7, 11) is 0. The van der Waals surface area contributed by atoms with Crippen LogP contribution in [0.5, 0.6) is 0 Å². The molecular formula is C41H78O5. The number of ether oxygens (including phenoxy) is 2. The second-order valence-electron chi connectivity index (χ2n) is 13.7. The fourth-order valence-corrected chi connectivity index (χ4v) is 5.96. The van der Waals surface area contributed by atoms with Crippen LogP contribution < -0.4 is 0 Å². The van der Waals surface area contributed by atoms with Gasteiger partial charge in [-0.05, 0) is 38.5 Å². The number of esters is 2. The Hall–Kier alpha value is -1.36. The van der Waals surface area contributed by atoms with Crippen LogP contribution in [0.4, 0.5) is 0 Å². The maximum absolute atomic E-state index is 12.2. The van der Waals surface area contributed by atoms with Gasteiger partial charge in [0.2, 0.25) is 0 Å². The number of rotatable bonds is 37. The van der Waals surface area contributed by atoms with Crippen LogP contribution in [0.15, 0.2) is 12.2 Å². The topological polar surface area (TPSA) is 72.8 Å². The molecular weight excluding hydrogens is 572 g/mol. The minimum absolute atomic E-state index is 0.0605. The van der Waals surface area contributed by atoms with E-state index in [0.717, 1.165) is 38.5 Å². The molecule has 0 saturated heterocycles. The first-order valence-corrected chi connectivity index (χ1v) is 20.2. The van der Waals surface area contributed by atoms with E-state index in [1.54, 1.807) is 0 Å². The van der Waals surface area contributed by atoms with Crippen molar-refractivity contribution in [1.29, 1.82) is 0 Å². The quantitative estimate of drug-likeness (QED) is 0.0411. The Balaban J connectivity index is 3.50. The third-order valence-electron chi connectivity index (χ3n) is 9.06. The zero-order valence-electron chi connectivity index (χ0n) is 30.9. The van der Waals surface area contributed by atoms with Gasteiger partial charge in [-0.2, -0.15) is 0 Å². The highest BCUT2D eigenvalue weighted by atomic mass is 16.6. The van der Waals surface area contributed by atoms with E-state index in [0.29, 0.717) is 12.8 Å². The van der Waals surface area contributed by atoms with Crippen molar-refractivity contribution in [3.63, 3.8) is 0 Å². The maximum atomic E-state index is 12.2. The summed E-state index contributed by atoms with van der Waals surface area (Å²) in [4.78, 5) is 24.2. The number of aliphatic hydroxyl groups excluding tert-OH is 1. The molecule has 0 aliphatic heterocycles. The highest BCUT2D eigenvalue weighted by Gasteiger charge is 2.16. The molecule has 0 spiro atoms. The maximum Gasteiger partial charge on any atom is 0.306 e. The molecule has 0 rings (SSSR count). The zero-order chi connectivity index (χ0) is 33.6. The van der Waals surface area contributed by atoms with E-state index in [2.05, 4.69) is 26.0 Å². The lowest BCUT2D eigenvalue weighted by molar-refractivity contribution is -0.161. The van der Waals surface area contributed by atoms with Crippen LogP contribution in [-0.2, 0) is 19.1 Å². The minimum Gasteiger partial charge on any atom is -0.462 e. The van der Waals surface area contributed by atoms with Crippen molar-refractivity contribution in [3.8, 4) is 0 Å². The highest BCUT2D eigenvalue weighted by molar-refractivity contribution is 5.70. The van der Waals surface area contributed by atoms with Gasteiger partial charge in [-0.15, -0.1) is 0 Å². The molecule has 46 heavy (non-hydrogen) atoms. The third-order valence-corrected chi connectivity index (χ3v) is 9.06. The summed E-state index contributed by atoms with van der Waals surface area (Å²) in [5, 5.41) is 9.55. The van der Waals surface area contributed by atoms with Crippen molar-refractivity contribution < 1.29 is 24.2 Å². The van der Waals surface area contributed by atoms with Crippen LogP contribution >= 0.6 is 0 Å². The van der Waals surface area contributed by atoms with Gasteiger partial charge in [0.1, 0.15) is 6.61 Å². The molecule has 5 heteroatoms.